The van der Waals surface area contributed by atoms with Crippen molar-refractivity contribution in [3.8, 4) is 0 Å². The maximum absolute atomic E-state index is 12.8. The van der Waals surface area contributed by atoms with Crippen molar-refractivity contribution in [2.75, 3.05) is 19.1 Å². The summed E-state index contributed by atoms with van der Waals surface area (Å²) in [4.78, 5) is 29.6. The van der Waals surface area contributed by atoms with Crippen molar-refractivity contribution in [2.45, 2.75) is 6.92 Å². The van der Waals surface area contributed by atoms with Crippen LogP contribution in [0.5, 0.6) is 0 Å². The Labute approximate surface area is 126 Å². The van der Waals surface area contributed by atoms with E-state index >= 15 is 0 Å². The van der Waals surface area contributed by atoms with E-state index in [-0.39, 0.29) is 27.8 Å². The number of carbonyl (C=O) groups excluding carboxylic acids is 2. The molecule has 0 atom stereocenters. The van der Waals surface area contributed by atoms with Gasteiger partial charge in [-0.2, -0.15) is 5.01 Å². The van der Waals surface area contributed by atoms with E-state index in [4.69, 9.17) is 11.6 Å². The van der Waals surface area contributed by atoms with Crippen LogP contribution in [0.1, 0.15) is 37.7 Å². The molecule has 2 heterocycles. The van der Waals surface area contributed by atoms with Gasteiger partial charge < -0.3 is 0 Å². The number of aromatic nitrogens is 2. The Morgan fingerprint density at radius 1 is 1.14 bits per heavy atom. The number of fused-ring (bicyclic) bond motifs is 2. The van der Waals surface area contributed by atoms with Gasteiger partial charge in [-0.15, -0.1) is 0 Å². The average Bonchev–Trinajstić information content (AvgIpc) is 2.44. The fraction of sp³-hybridized carbons (Fsp3) is 0.200. The van der Waals surface area contributed by atoms with Gasteiger partial charge in [0.05, 0.1) is 24.7 Å². The summed E-state index contributed by atoms with van der Waals surface area (Å²) in [5, 5.41) is 1.98. The summed E-state index contributed by atoms with van der Waals surface area (Å²) >= 11 is 6.10. The molecule has 0 saturated heterocycles. The summed E-state index contributed by atoms with van der Waals surface area (Å²) in [6.45, 7) is 1.81. The van der Waals surface area contributed by atoms with Crippen LogP contribution in [0.4, 0.5) is 0 Å². The van der Waals surface area contributed by atoms with Gasteiger partial charge in [0.2, 0.25) is 12.0 Å². The molecule has 3 rings (SSSR count). The number of halogens is 1. The molecule has 6 heteroatoms. The van der Waals surface area contributed by atoms with E-state index in [1.54, 1.807) is 43.0 Å². The number of nitrogens with zero attached hydrogens (tertiary/aromatic N) is 3. The van der Waals surface area contributed by atoms with E-state index in [0.29, 0.717) is 11.3 Å². The highest BCUT2D eigenvalue weighted by molar-refractivity contribution is 6.38. The Kier molecular flexibility index (Phi) is 3.02. The van der Waals surface area contributed by atoms with Gasteiger partial charge in [-0.1, -0.05) is 16.3 Å². The highest BCUT2D eigenvalue weighted by atomic mass is 35.5. The monoisotopic (exact) mass is 302 g/mol. The molecular weight excluding hydrogens is 290 g/mol. The Hall–Kier alpha value is -2.27. The summed E-state index contributed by atoms with van der Waals surface area (Å²) in [7, 11) is 3.60. The Bertz CT molecular complexity index is 800. The SMILES string of the molecule is Cc1cc[n+](N(C)C)c2c1C(=O)c1nccc(Cl)c1C2=O. The average molecular weight is 303 g/mol. The molecule has 5 nitrogen and oxygen atoms in total. The van der Waals surface area contributed by atoms with Crippen molar-refractivity contribution in [1.29, 1.82) is 0 Å². The highest BCUT2D eigenvalue weighted by Gasteiger charge is 2.41. The number of aryl methyl sites for hydroxylation is 1. The van der Waals surface area contributed by atoms with Gasteiger partial charge in [-0.3, -0.25) is 14.6 Å². The van der Waals surface area contributed by atoms with Crippen molar-refractivity contribution >= 4 is 23.2 Å². The molecule has 0 amide bonds. The lowest BCUT2D eigenvalue weighted by Crippen LogP contribution is -2.58. The van der Waals surface area contributed by atoms with Crippen LogP contribution in [-0.2, 0) is 0 Å². The summed E-state index contributed by atoms with van der Waals surface area (Å²) in [6, 6.07) is 3.33. The van der Waals surface area contributed by atoms with Gasteiger partial charge in [-0.25, -0.2) is 0 Å². The number of ketones is 2. The molecule has 0 spiro atoms. The first-order valence-corrected chi connectivity index (χ1v) is 6.78. The largest absolute Gasteiger partial charge is 0.294 e. The normalized spacial score (nSPS) is 13.0. The molecule has 0 fully saturated rings. The molecule has 1 aliphatic carbocycles. The van der Waals surface area contributed by atoms with Crippen molar-refractivity contribution < 1.29 is 14.3 Å². The maximum atomic E-state index is 12.8. The van der Waals surface area contributed by atoms with Gasteiger partial charge in [0.1, 0.15) is 11.3 Å². The topological polar surface area (TPSA) is 54.1 Å². The molecule has 0 saturated carbocycles. The van der Waals surface area contributed by atoms with E-state index in [1.807, 2.05) is 0 Å². The lowest BCUT2D eigenvalue weighted by molar-refractivity contribution is -0.689. The van der Waals surface area contributed by atoms with E-state index in [9.17, 15) is 9.59 Å². The van der Waals surface area contributed by atoms with Crippen molar-refractivity contribution in [2.24, 2.45) is 0 Å². The molecule has 1 aliphatic rings. The number of carbonyl (C=O) groups is 2. The molecule has 0 aromatic carbocycles. The predicted octanol–water partition coefficient (Wildman–Crippen LogP) is 1.30. The summed E-state index contributed by atoms with van der Waals surface area (Å²) in [5.41, 5.74) is 1.76. The molecule has 106 valence electrons. The maximum Gasteiger partial charge on any atom is 0.294 e. The first-order chi connectivity index (χ1) is 9.93. The molecule has 0 unspecified atom stereocenters. The number of pyridine rings is 2. The van der Waals surface area contributed by atoms with Crippen LogP contribution >= 0.6 is 11.6 Å². The third-order valence-electron chi connectivity index (χ3n) is 3.54. The molecule has 0 aliphatic heterocycles. The van der Waals surface area contributed by atoms with Crippen molar-refractivity contribution in [1.82, 2.24) is 4.98 Å². The van der Waals surface area contributed by atoms with Gasteiger partial charge in [0.25, 0.3) is 11.5 Å². The summed E-state index contributed by atoms with van der Waals surface area (Å²) in [6.07, 6.45) is 3.20. The minimum Gasteiger partial charge on any atom is -0.287 e. The van der Waals surface area contributed by atoms with E-state index in [0.717, 1.165) is 5.56 Å². The Morgan fingerprint density at radius 3 is 2.52 bits per heavy atom. The zero-order valence-corrected chi connectivity index (χ0v) is 12.6. The number of rotatable bonds is 1. The van der Waals surface area contributed by atoms with Gasteiger partial charge in [0, 0.05) is 12.3 Å². The smallest absolute Gasteiger partial charge is 0.287 e. The fourth-order valence-corrected chi connectivity index (χ4v) is 2.77. The van der Waals surface area contributed by atoms with Gasteiger partial charge in [0.15, 0.2) is 0 Å². The van der Waals surface area contributed by atoms with Crippen molar-refractivity contribution in [3.05, 3.63) is 57.6 Å². The molecular formula is C15H13ClN3O2+. The second-order valence-electron chi connectivity index (χ2n) is 5.09. The minimum absolute atomic E-state index is 0.125. The summed E-state index contributed by atoms with van der Waals surface area (Å²) < 4.78 is 1.65. The van der Waals surface area contributed by atoms with E-state index < -0.39 is 0 Å². The zero-order valence-electron chi connectivity index (χ0n) is 11.8. The second-order valence-corrected chi connectivity index (χ2v) is 5.50. The third-order valence-corrected chi connectivity index (χ3v) is 3.86. The van der Waals surface area contributed by atoms with Crippen LogP contribution in [0.3, 0.4) is 0 Å². The first kappa shape index (κ1) is 13.7. The Balaban J connectivity index is 2.41. The van der Waals surface area contributed by atoms with Crippen LogP contribution in [0.15, 0.2) is 24.5 Å². The minimum atomic E-state index is -0.282. The standard InChI is InChI=1S/C15H13ClN3O2/c1-8-5-7-19(18(2)3)13-10(8)14(20)12-11(15(13)21)9(16)4-6-17-12/h4-7H,1-3H3/q+1. The van der Waals surface area contributed by atoms with E-state index in [2.05, 4.69) is 4.98 Å². The zero-order chi connectivity index (χ0) is 15.3. The molecule has 21 heavy (non-hydrogen) atoms. The quantitative estimate of drug-likeness (QED) is 0.636. The van der Waals surface area contributed by atoms with Crippen LogP contribution in [-0.4, -0.2) is 30.6 Å². The van der Waals surface area contributed by atoms with Gasteiger partial charge >= 0.3 is 0 Å². The van der Waals surface area contributed by atoms with Gasteiger partial charge in [-0.05, 0) is 18.6 Å². The molecule has 0 N–H and O–H groups in total. The van der Waals surface area contributed by atoms with E-state index in [1.165, 1.54) is 12.3 Å². The molecule has 0 bridgehead atoms. The lowest BCUT2D eigenvalue weighted by Gasteiger charge is -2.19. The number of hydrogen-bond acceptors (Lipinski definition) is 4. The van der Waals surface area contributed by atoms with Crippen molar-refractivity contribution in [3.63, 3.8) is 0 Å². The highest BCUT2D eigenvalue weighted by Crippen LogP contribution is 2.30. The van der Waals surface area contributed by atoms with Crippen LogP contribution in [0.25, 0.3) is 0 Å². The third kappa shape index (κ3) is 1.85. The predicted molar refractivity (Wildman–Crippen MR) is 77.6 cm³/mol. The van der Waals surface area contributed by atoms with Crippen LogP contribution in [0.2, 0.25) is 5.02 Å². The Morgan fingerprint density at radius 2 is 1.86 bits per heavy atom. The van der Waals surface area contributed by atoms with Crippen LogP contribution < -0.4 is 9.69 Å². The molecule has 0 radical (unpaired) electrons. The number of hydrogen-bond donors (Lipinski definition) is 0. The molecule has 2 aromatic heterocycles. The first-order valence-electron chi connectivity index (χ1n) is 6.40. The van der Waals surface area contributed by atoms with Crippen LogP contribution in [0, 0.1) is 6.92 Å². The lowest BCUT2D eigenvalue weighted by atomic mass is 9.88. The second kappa shape index (κ2) is 4.63. The molecule has 2 aromatic rings. The summed E-state index contributed by atoms with van der Waals surface area (Å²) in [5.74, 6) is -0.550. The fourth-order valence-electron chi connectivity index (χ4n) is 2.54.